The summed E-state index contributed by atoms with van der Waals surface area (Å²) >= 11 is 0. The molecule has 1 rings (SSSR count). The van der Waals surface area contributed by atoms with Gasteiger partial charge in [-0.15, -0.1) is 0 Å². The van der Waals surface area contributed by atoms with Gasteiger partial charge in [-0.2, -0.15) is 0 Å². The van der Waals surface area contributed by atoms with Crippen LogP contribution in [-0.4, -0.2) is 36.1 Å². The van der Waals surface area contributed by atoms with Gasteiger partial charge in [-0.3, -0.25) is 4.79 Å². The Balaban J connectivity index is 2.88. The van der Waals surface area contributed by atoms with E-state index in [0.29, 0.717) is 0 Å². The molecule has 0 spiro atoms. The SMILES string of the molecule is CC(=O)Nc1cc(OC(=O)N(C)C)ccc1O. The number of rotatable bonds is 2. The topological polar surface area (TPSA) is 78.9 Å². The van der Waals surface area contributed by atoms with E-state index in [9.17, 15) is 14.7 Å². The highest BCUT2D eigenvalue weighted by Gasteiger charge is 2.09. The van der Waals surface area contributed by atoms with Gasteiger partial charge >= 0.3 is 6.09 Å². The highest BCUT2D eigenvalue weighted by Crippen LogP contribution is 2.28. The van der Waals surface area contributed by atoms with E-state index in [1.165, 1.54) is 30.0 Å². The highest BCUT2D eigenvalue weighted by molar-refractivity contribution is 5.90. The lowest BCUT2D eigenvalue weighted by Crippen LogP contribution is -2.25. The number of ether oxygens (including phenoxy) is 1. The van der Waals surface area contributed by atoms with E-state index in [4.69, 9.17) is 4.74 Å². The predicted octanol–water partition coefficient (Wildman–Crippen LogP) is 1.41. The summed E-state index contributed by atoms with van der Waals surface area (Å²) in [6, 6.07) is 4.14. The fourth-order valence-electron chi connectivity index (χ4n) is 1.06. The minimum absolute atomic E-state index is 0.0927. The summed E-state index contributed by atoms with van der Waals surface area (Å²) in [5, 5.41) is 11.9. The molecule has 0 radical (unpaired) electrons. The first kappa shape index (κ1) is 12.8. The van der Waals surface area contributed by atoms with E-state index in [2.05, 4.69) is 5.32 Å². The molecular formula is C11H14N2O4. The summed E-state index contributed by atoms with van der Waals surface area (Å²) in [6.45, 7) is 1.32. The van der Waals surface area contributed by atoms with Crippen molar-refractivity contribution < 1.29 is 19.4 Å². The van der Waals surface area contributed by atoms with Gasteiger partial charge < -0.3 is 20.1 Å². The van der Waals surface area contributed by atoms with Crippen molar-refractivity contribution in [3.05, 3.63) is 18.2 Å². The van der Waals surface area contributed by atoms with Crippen molar-refractivity contribution in [1.29, 1.82) is 0 Å². The fourth-order valence-corrected chi connectivity index (χ4v) is 1.06. The van der Waals surface area contributed by atoms with E-state index in [0.717, 1.165) is 0 Å². The van der Waals surface area contributed by atoms with E-state index >= 15 is 0 Å². The monoisotopic (exact) mass is 238 g/mol. The van der Waals surface area contributed by atoms with Crippen molar-refractivity contribution in [2.75, 3.05) is 19.4 Å². The third kappa shape index (κ3) is 3.67. The molecule has 2 N–H and O–H groups in total. The van der Waals surface area contributed by atoms with Gasteiger partial charge in [0, 0.05) is 27.1 Å². The van der Waals surface area contributed by atoms with Gasteiger partial charge in [0.1, 0.15) is 11.5 Å². The van der Waals surface area contributed by atoms with Crippen LogP contribution < -0.4 is 10.1 Å². The normalized spacial score (nSPS) is 9.59. The number of anilines is 1. The number of carbonyl (C=O) groups excluding carboxylic acids is 2. The maximum absolute atomic E-state index is 11.3. The lowest BCUT2D eigenvalue weighted by molar-refractivity contribution is -0.114. The second-order valence-electron chi connectivity index (χ2n) is 3.62. The third-order valence-corrected chi connectivity index (χ3v) is 1.85. The molecule has 2 amide bonds. The van der Waals surface area contributed by atoms with Gasteiger partial charge in [0.2, 0.25) is 5.91 Å². The molecular weight excluding hydrogens is 224 g/mol. The highest BCUT2D eigenvalue weighted by atomic mass is 16.6. The van der Waals surface area contributed by atoms with Gasteiger partial charge in [-0.1, -0.05) is 0 Å². The number of hydrogen-bond acceptors (Lipinski definition) is 4. The minimum Gasteiger partial charge on any atom is -0.506 e. The van der Waals surface area contributed by atoms with Crippen molar-refractivity contribution in [2.45, 2.75) is 6.92 Å². The first-order valence-corrected chi connectivity index (χ1v) is 4.90. The largest absolute Gasteiger partial charge is 0.506 e. The van der Waals surface area contributed by atoms with Gasteiger partial charge in [0.15, 0.2) is 0 Å². The lowest BCUT2D eigenvalue weighted by Gasteiger charge is -2.12. The van der Waals surface area contributed by atoms with Crippen molar-refractivity contribution in [2.24, 2.45) is 0 Å². The summed E-state index contributed by atoms with van der Waals surface area (Å²) in [7, 11) is 3.11. The molecule has 0 atom stereocenters. The molecule has 17 heavy (non-hydrogen) atoms. The molecule has 0 unspecified atom stereocenters. The molecule has 0 saturated carbocycles. The first-order chi connectivity index (χ1) is 7.90. The number of hydrogen-bond donors (Lipinski definition) is 2. The molecule has 0 saturated heterocycles. The number of amides is 2. The molecule has 0 bridgehead atoms. The number of aromatic hydroxyl groups is 1. The van der Waals surface area contributed by atoms with Crippen LogP contribution in [0, 0.1) is 0 Å². The second kappa shape index (κ2) is 5.20. The van der Waals surface area contributed by atoms with Crippen LogP contribution in [0.25, 0.3) is 0 Å². The van der Waals surface area contributed by atoms with Crippen LogP contribution in [0.1, 0.15) is 6.92 Å². The van der Waals surface area contributed by atoms with Crippen LogP contribution in [0.3, 0.4) is 0 Å². The predicted molar refractivity (Wildman–Crippen MR) is 62.1 cm³/mol. The average Bonchev–Trinajstić information content (AvgIpc) is 2.22. The van der Waals surface area contributed by atoms with Gasteiger partial charge in [-0.05, 0) is 12.1 Å². The molecule has 0 aliphatic carbocycles. The van der Waals surface area contributed by atoms with Crippen LogP contribution in [-0.2, 0) is 4.79 Å². The number of nitrogens with one attached hydrogen (secondary N) is 1. The van der Waals surface area contributed by atoms with Crippen LogP contribution in [0.4, 0.5) is 10.5 Å². The number of phenols is 1. The molecule has 0 heterocycles. The number of phenolic OH excluding ortho intramolecular Hbond substituents is 1. The molecule has 6 heteroatoms. The van der Waals surface area contributed by atoms with E-state index in [-0.39, 0.29) is 23.1 Å². The molecule has 92 valence electrons. The zero-order valence-electron chi connectivity index (χ0n) is 9.85. The zero-order chi connectivity index (χ0) is 13.0. The minimum atomic E-state index is -0.538. The molecule has 6 nitrogen and oxygen atoms in total. The second-order valence-corrected chi connectivity index (χ2v) is 3.62. The summed E-state index contributed by atoms with van der Waals surface area (Å²) in [5.41, 5.74) is 0.196. The van der Waals surface area contributed by atoms with Gasteiger partial charge in [0.25, 0.3) is 0 Å². The Bertz CT molecular complexity index is 443. The summed E-state index contributed by atoms with van der Waals surface area (Å²) in [5.74, 6) is -0.175. The molecule has 1 aromatic rings. The maximum Gasteiger partial charge on any atom is 0.414 e. The zero-order valence-corrected chi connectivity index (χ0v) is 9.85. The average molecular weight is 238 g/mol. The van der Waals surface area contributed by atoms with Crippen LogP contribution in [0.5, 0.6) is 11.5 Å². The Labute approximate surface area is 98.8 Å². The maximum atomic E-state index is 11.3. The Hall–Kier alpha value is -2.24. The molecule has 0 aromatic heterocycles. The Morgan fingerprint density at radius 1 is 1.35 bits per heavy atom. The van der Waals surface area contributed by atoms with E-state index in [1.54, 1.807) is 14.1 Å². The molecule has 1 aromatic carbocycles. The smallest absolute Gasteiger partial charge is 0.414 e. The quantitative estimate of drug-likeness (QED) is 0.763. The number of benzene rings is 1. The van der Waals surface area contributed by atoms with Crippen molar-refractivity contribution >= 4 is 17.7 Å². The summed E-state index contributed by atoms with van der Waals surface area (Å²) in [4.78, 5) is 23.4. The summed E-state index contributed by atoms with van der Waals surface area (Å²) < 4.78 is 4.98. The van der Waals surface area contributed by atoms with Crippen molar-refractivity contribution in [3.63, 3.8) is 0 Å². The fraction of sp³-hybridized carbons (Fsp3) is 0.273. The van der Waals surface area contributed by atoms with Gasteiger partial charge in [-0.25, -0.2) is 4.79 Å². The molecule has 0 aliphatic rings. The number of carbonyl (C=O) groups is 2. The third-order valence-electron chi connectivity index (χ3n) is 1.85. The van der Waals surface area contributed by atoms with Crippen molar-refractivity contribution in [3.8, 4) is 11.5 Å². The van der Waals surface area contributed by atoms with Gasteiger partial charge in [0.05, 0.1) is 5.69 Å². The first-order valence-electron chi connectivity index (χ1n) is 4.90. The Morgan fingerprint density at radius 2 is 2.00 bits per heavy atom. The summed E-state index contributed by atoms with van der Waals surface area (Å²) in [6.07, 6.45) is -0.538. The molecule has 0 fully saturated rings. The standard InChI is InChI=1S/C11H14N2O4/c1-7(14)12-9-6-8(4-5-10(9)15)17-11(16)13(2)3/h4-6,15H,1-3H3,(H,12,14). The Kier molecular flexibility index (Phi) is 3.92. The van der Waals surface area contributed by atoms with Crippen LogP contribution >= 0.6 is 0 Å². The van der Waals surface area contributed by atoms with E-state index < -0.39 is 6.09 Å². The lowest BCUT2D eigenvalue weighted by atomic mass is 10.2. The van der Waals surface area contributed by atoms with Crippen molar-refractivity contribution in [1.82, 2.24) is 4.90 Å². The number of nitrogens with zero attached hydrogens (tertiary/aromatic N) is 1. The van der Waals surface area contributed by atoms with E-state index in [1.807, 2.05) is 0 Å². The van der Waals surface area contributed by atoms with Crippen LogP contribution in [0.15, 0.2) is 18.2 Å². The Morgan fingerprint density at radius 3 is 2.53 bits per heavy atom. The molecule has 0 aliphatic heterocycles. The van der Waals surface area contributed by atoms with Crippen LogP contribution in [0.2, 0.25) is 0 Å².